The third-order valence-corrected chi connectivity index (χ3v) is 4.60. The number of nitrogens with zero attached hydrogens (tertiary/aromatic N) is 2. The van der Waals surface area contributed by atoms with Crippen LogP contribution in [0.25, 0.3) is 0 Å². The van der Waals surface area contributed by atoms with Crippen LogP contribution >= 0.6 is 0 Å². The normalized spacial score (nSPS) is 18.2. The predicted octanol–water partition coefficient (Wildman–Crippen LogP) is 4.00. The van der Waals surface area contributed by atoms with Gasteiger partial charge in [0.1, 0.15) is 0 Å². The molecule has 0 fully saturated rings. The number of aromatic nitrogens is 1. The highest BCUT2D eigenvalue weighted by molar-refractivity contribution is 5.94. The fraction of sp³-hybridized carbons (Fsp3) is 0.421. The number of carbonyl (C=O) groups is 1. The molecule has 2 heterocycles. The molecule has 0 N–H and O–H groups in total. The van der Waals surface area contributed by atoms with Crippen LogP contribution in [0, 0.1) is 0 Å². The summed E-state index contributed by atoms with van der Waals surface area (Å²) in [6.45, 7) is 10.3. The minimum atomic E-state index is 0.112. The van der Waals surface area contributed by atoms with Gasteiger partial charge in [-0.25, -0.2) is 0 Å². The van der Waals surface area contributed by atoms with Gasteiger partial charge in [0.15, 0.2) is 0 Å². The molecular formula is C19H24N2O. The molecule has 22 heavy (non-hydrogen) atoms. The molecule has 3 nitrogen and oxygen atoms in total. The highest BCUT2D eigenvalue weighted by atomic mass is 16.2. The molecular weight excluding hydrogens is 272 g/mol. The predicted molar refractivity (Wildman–Crippen MR) is 89.0 cm³/mol. The largest absolute Gasteiger partial charge is 0.348 e. The molecule has 116 valence electrons. The Morgan fingerprint density at radius 2 is 1.77 bits per heavy atom. The number of carbonyl (C=O) groups excluding carboxylic acids is 1. The van der Waals surface area contributed by atoms with Gasteiger partial charge in [-0.05, 0) is 42.2 Å². The van der Waals surface area contributed by atoms with Gasteiger partial charge in [-0.3, -0.25) is 4.79 Å². The average molecular weight is 296 g/mol. The fourth-order valence-corrected chi connectivity index (χ4v) is 3.14. The van der Waals surface area contributed by atoms with Crippen LogP contribution < -0.4 is 0 Å². The Labute approximate surface area is 132 Å². The first-order valence-corrected chi connectivity index (χ1v) is 7.94. The molecule has 3 rings (SSSR count). The third kappa shape index (κ3) is 2.56. The maximum absolute atomic E-state index is 12.8. The molecule has 0 bridgehead atoms. The van der Waals surface area contributed by atoms with Gasteiger partial charge in [0, 0.05) is 30.5 Å². The zero-order valence-corrected chi connectivity index (χ0v) is 13.8. The minimum Gasteiger partial charge on any atom is -0.348 e. The second-order valence-corrected chi connectivity index (χ2v) is 7.13. The smallest absolute Gasteiger partial charge is 0.254 e. The van der Waals surface area contributed by atoms with Crippen molar-refractivity contribution in [1.29, 1.82) is 0 Å². The molecule has 1 aromatic carbocycles. The van der Waals surface area contributed by atoms with Crippen LogP contribution in [0.2, 0.25) is 0 Å². The molecule has 1 aliphatic rings. The van der Waals surface area contributed by atoms with Crippen LogP contribution in [-0.4, -0.2) is 21.9 Å². The van der Waals surface area contributed by atoms with Crippen LogP contribution in [0.5, 0.6) is 0 Å². The fourth-order valence-electron chi connectivity index (χ4n) is 3.14. The van der Waals surface area contributed by atoms with Crippen LogP contribution in [0.1, 0.15) is 55.4 Å². The SMILES string of the molecule is CC1c2cccn2CCN1C(=O)c1ccc(C(C)(C)C)cc1. The van der Waals surface area contributed by atoms with Gasteiger partial charge >= 0.3 is 0 Å². The van der Waals surface area contributed by atoms with Crippen molar-refractivity contribution in [1.82, 2.24) is 9.47 Å². The second-order valence-electron chi connectivity index (χ2n) is 7.13. The van der Waals surface area contributed by atoms with Crippen molar-refractivity contribution in [3.8, 4) is 0 Å². The van der Waals surface area contributed by atoms with Crippen molar-refractivity contribution in [3.63, 3.8) is 0 Å². The summed E-state index contributed by atoms with van der Waals surface area (Å²) in [6.07, 6.45) is 2.09. The number of hydrogen-bond donors (Lipinski definition) is 0. The molecule has 1 aliphatic heterocycles. The summed E-state index contributed by atoms with van der Waals surface area (Å²) in [5.41, 5.74) is 3.36. The van der Waals surface area contributed by atoms with Crippen molar-refractivity contribution in [2.24, 2.45) is 0 Å². The zero-order valence-electron chi connectivity index (χ0n) is 13.8. The van der Waals surface area contributed by atoms with E-state index in [4.69, 9.17) is 0 Å². The lowest BCUT2D eigenvalue weighted by atomic mass is 9.86. The quantitative estimate of drug-likeness (QED) is 0.780. The van der Waals surface area contributed by atoms with E-state index in [0.717, 1.165) is 18.7 Å². The van der Waals surface area contributed by atoms with Crippen molar-refractivity contribution in [2.75, 3.05) is 6.54 Å². The number of fused-ring (bicyclic) bond motifs is 1. The molecule has 1 amide bonds. The number of hydrogen-bond acceptors (Lipinski definition) is 1. The Kier molecular flexibility index (Phi) is 3.59. The van der Waals surface area contributed by atoms with E-state index in [-0.39, 0.29) is 17.4 Å². The zero-order chi connectivity index (χ0) is 15.9. The van der Waals surface area contributed by atoms with Gasteiger partial charge in [0.25, 0.3) is 5.91 Å². The van der Waals surface area contributed by atoms with Crippen LogP contribution in [0.3, 0.4) is 0 Å². The van der Waals surface area contributed by atoms with Gasteiger partial charge in [-0.2, -0.15) is 0 Å². The van der Waals surface area contributed by atoms with Gasteiger partial charge in [0.05, 0.1) is 6.04 Å². The molecule has 0 spiro atoms. The minimum absolute atomic E-state index is 0.112. The summed E-state index contributed by atoms with van der Waals surface area (Å²) in [5, 5.41) is 0. The van der Waals surface area contributed by atoms with Crippen LogP contribution in [0.15, 0.2) is 42.6 Å². The Morgan fingerprint density at radius 1 is 1.09 bits per heavy atom. The van der Waals surface area contributed by atoms with Gasteiger partial charge in [-0.1, -0.05) is 32.9 Å². The highest BCUT2D eigenvalue weighted by Gasteiger charge is 2.28. The number of amides is 1. The van der Waals surface area contributed by atoms with Crippen molar-refractivity contribution in [3.05, 3.63) is 59.4 Å². The molecule has 1 atom stereocenters. The maximum atomic E-state index is 12.8. The maximum Gasteiger partial charge on any atom is 0.254 e. The summed E-state index contributed by atoms with van der Waals surface area (Å²) in [7, 11) is 0. The summed E-state index contributed by atoms with van der Waals surface area (Å²) in [5.74, 6) is 0.125. The van der Waals surface area contributed by atoms with Crippen molar-refractivity contribution < 1.29 is 4.79 Å². The van der Waals surface area contributed by atoms with E-state index >= 15 is 0 Å². The lowest BCUT2D eigenvalue weighted by Crippen LogP contribution is -2.40. The third-order valence-electron chi connectivity index (χ3n) is 4.60. The number of rotatable bonds is 1. The highest BCUT2D eigenvalue weighted by Crippen LogP contribution is 2.28. The van der Waals surface area contributed by atoms with Gasteiger partial charge in [0.2, 0.25) is 0 Å². The first-order chi connectivity index (χ1) is 10.4. The molecule has 0 saturated carbocycles. The van der Waals surface area contributed by atoms with E-state index in [1.807, 2.05) is 17.0 Å². The standard InChI is InChI=1S/C19H24N2O/c1-14-17-6-5-11-20(17)12-13-21(14)18(22)15-7-9-16(10-8-15)19(2,3)4/h5-11,14H,12-13H2,1-4H3. The van der Waals surface area contributed by atoms with Crippen LogP contribution in [-0.2, 0) is 12.0 Å². The summed E-state index contributed by atoms with van der Waals surface area (Å²) < 4.78 is 2.23. The Morgan fingerprint density at radius 3 is 2.41 bits per heavy atom. The Balaban J connectivity index is 1.83. The van der Waals surface area contributed by atoms with Crippen molar-refractivity contribution in [2.45, 2.75) is 45.7 Å². The van der Waals surface area contributed by atoms with Crippen LogP contribution in [0.4, 0.5) is 0 Å². The van der Waals surface area contributed by atoms with E-state index in [1.165, 1.54) is 11.3 Å². The second kappa shape index (κ2) is 5.31. The van der Waals surface area contributed by atoms with Crippen molar-refractivity contribution >= 4 is 5.91 Å². The summed E-state index contributed by atoms with van der Waals surface area (Å²) in [4.78, 5) is 14.8. The van der Waals surface area contributed by atoms with E-state index in [0.29, 0.717) is 0 Å². The Bertz CT molecular complexity index is 676. The lowest BCUT2D eigenvalue weighted by Gasteiger charge is -2.35. The van der Waals surface area contributed by atoms with E-state index in [2.05, 4.69) is 62.7 Å². The lowest BCUT2D eigenvalue weighted by molar-refractivity contribution is 0.0644. The van der Waals surface area contributed by atoms with Gasteiger partial charge in [-0.15, -0.1) is 0 Å². The Hall–Kier alpha value is -2.03. The van der Waals surface area contributed by atoms with E-state index in [1.54, 1.807) is 0 Å². The monoisotopic (exact) mass is 296 g/mol. The van der Waals surface area contributed by atoms with Gasteiger partial charge < -0.3 is 9.47 Å². The molecule has 1 aromatic heterocycles. The summed E-state index contributed by atoms with van der Waals surface area (Å²) in [6, 6.07) is 12.4. The number of benzene rings is 1. The summed E-state index contributed by atoms with van der Waals surface area (Å²) >= 11 is 0. The molecule has 3 heteroatoms. The molecule has 2 aromatic rings. The molecule has 0 saturated heterocycles. The van der Waals surface area contributed by atoms with E-state index in [9.17, 15) is 4.79 Å². The topological polar surface area (TPSA) is 25.2 Å². The van der Waals surface area contributed by atoms with E-state index < -0.39 is 0 Å². The first kappa shape index (κ1) is 14.9. The first-order valence-electron chi connectivity index (χ1n) is 7.94. The molecule has 0 aliphatic carbocycles. The molecule has 1 unspecified atom stereocenters. The average Bonchev–Trinajstić information content (AvgIpc) is 2.96. The molecule has 0 radical (unpaired) electrons.